The van der Waals surface area contributed by atoms with Gasteiger partial charge in [-0.15, -0.1) is 0 Å². The summed E-state index contributed by atoms with van der Waals surface area (Å²) in [6.45, 7) is 1.00. The molecule has 2 fully saturated rings. The first-order chi connectivity index (χ1) is 7.66. The Morgan fingerprint density at radius 1 is 1.12 bits per heavy atom. The molecule has 16 heavy (non-hydrogen) atoms. The Labute approximate surface area is 95.7 Å². The molecule has 0 spiro atoms. The van der Waals surface area contributed by atoms with Crippen LogP contribution in [0.5, 0.6) is 0 Å². The van der Waals surface area contributed by atoms with Gasteiger partial charge in [-0.1, -0.05) is 19.3 Å². The van der Waals surface area contributed by atoms with E-state index in [1.54, 1.807) is 0 Å². The average Bonchev–Trinajstić information content (AvgIpc) is 2.60. The quantitative estimate of drug-likeness (QED) is 0.806. The average molecular weight is 233 g/mol. The van der Waals surface area contributed by atoms with Crippen molar-refractivity contribution in [3.8, 4) is 0 Å². The van der Waals surface area contributed by atoms with Crippen molar-refractivity contribution in [3.05, 3.63) is 0 Å². The van der Waals surface area contributed by atoms with Crippen LogP contribution in [0.2, 0.25) is 0 Å². The largest absolute Gasteiger partial charge is 0.380 e. The summed E-state index contributed by atoms with van der Waals surface area (Å²) < 4.78 is 31.3. The van der Waals surface area contributed by atoms with E-state index in [1.165, 1.54) is 32.1 Å². The van der Waals surface area contributed by atoms with Crippen molar-refractivity contribution in [2.75, 3.05) is 19.8 Å². The molecule has 1 saturated heterocycles. The lowest BCUT2D eigenvalue weighted by Gasteiger charge is -2.22. The number of alkyl halides is 2. The summed E-state index contributed by atoms with van der Waals surface area (Å²) in [5.41, 5.74) is 0. The molecular formula is C12H21F2NO. The first kappa shape index (κ1) is 12.2. The second kappa shape index (κ2) is 5.41. The summed E-state index contributed by atoms with van der Waals surface area (Å²) in [6.07, 6.45) is 6.36. The van der Waals surface area contributed by atoms with Crippen molar-refractivity contribution >= 4 is 0 Å². The third kappa shape index (κ3) is 3.67. The molecule has 2 aliphatic rings. The van der Waals surface area contributed by atoms with Gasteiger partial charge in [0.1, 0.15) is 0 Å². The zero-order chi connectivity index (χ0) is 11.4. The maximum Gasteiger partial charge on any atom is 0.261 e. The van der Waals surface area contributed by atoms with E-state index in [-0.39, 0.29) is 19.0 Å². The highest BCUT2D eigenvalue weighted by atomic mass is 19.3. The van der Waals surface area contributed by atoms with Gasteiger partial charge in [0, 0.05) is 19.1 Å². The third-order valence-electron chi connectivity index (χ3n) is 3.59. The highest BCUT2D eigenvalue weighted by molar-refractivity contribution is 4.86. The number of hydrogen-bond donors (Lipinski definition) is 1. The fourth-order valence-corrected chi connectivity index (χ4v) is 2.65. The van der Waals surface area contributed by atoms with Gasteiger partial charge in [-0.3, -0.25) is 0 Å². The maximum absolute atomic E-state index is 12.9. The molecule has 1 aliphatic heterocycles. The standard InChI is InChI=1S/C12H21F2NO/c13-12(14)6-11(15-9-12)8-16-7-10-4-2-1-3-5-10/h10-11,15H,1-9H2. The molecule has 2 rings (SSSR count). The normalized spacial score (nSPS) is 30.8. The van der Waals surface area contributed by atoms with Gasteiger partial charge < -0.3 is 10.1 Å². The molecule has 1 unspecified atom stereocenters. The first-order valence-electron chi connectivity index (χ1n) is 6.35. The molecule has 0 aromatic heterocycles. The number of rotatable bonds is 4. The second-order valence-electron chi connectivity index (χ2n) is 5.18. The topological polar surface area (TPSA) is 21.3 Å². The number of halogens is 2. The van der Waals surface area contributed by atoms with Crippen LogP contribution in [-0.2, 0) is 4.74 Å². The maximum atomic E-state index is 12.9. The van der Waals surface area contributed by atoms with Gasteiger partial charge in [0.25, 0.3) is 5.92 Å². The third-order valence-corrected chi connectivity index (χ3v) is 3.59. The van der Waals surface area contributed by atoms with E-state index in [2.05, 4.69) is 5.32 Å². The number of nitrogens with one attached hydrogen (secondary N) is 1. The molecule has 1 heterocycles. The molecule has 1 N–H and O–H groups in total. The van der Waals surface area contributed by atoms with Gasteiger partial charge in [-0.05, 0) is 18.8 Å². The van der Waals surface area contributed by atoms with Crippen molar-refractivity contribution in [1.82, 2.24) is 5.32 Å². The van der Waals surface area contributed by atoms with Gasteiger partial charge in [0.05, 0.1) is 13.2 Å². The van der Waals surface area contributed by atoms with Crippen LogP contribution < -0.4 is 5.32 Å². The fourth-order valence-electron chi connectivity index (χ4n) is 2.65. The van der Waals surface area contributed by atoms with E-state index in [1.807, 2.05) is 0 Å². The predicted octanol–water partition coefficient (Wildman–Crippen LogP) is 2.58. The van der Waals surface area contributed by atoms with Crippen LogP contribution in [0.25, 0.3) is 0 Å². The highest BCUT2D eigenvalue weighted by Gasteiger charge is 2.39. The lowest BCUT2D eigenvalue weighted by atomic mass is 9.90. The summed E-state index contributed by atoms with van der Waals surface area (Å²) >= 11 is 0. The zero-order valence-corrected chi connectivity index (χ0v) is 9.68. The predicted molar refractivity (Wildman–Crippen MR) is 58.7 cm³/mol. The Morgan fingerprint density at radius 3 is 2.50 bits per heavy atom. The van der Waals surface area contributed by atoms with Crippen LogP contribution >= 0.6 is 0 Å². The monoisotopic (exact) mass is 233 g/mol. The molecule has 0 bridgehead atoms. The van der Waals surface area contributed by atoms with E-state index < -0.39 is 5.92 Å². The second-order valence-corrected chi connectivity index (χ2v) is 5.18. The summed E-state index contributed by atoms with van der Waals surface area (Å²) in [7, 11) is 0. The Kier molecular flexibility index (Phi) is 4.14. The Hall–Kier alpha value is -0.220. The number of hydrogen-bond acceptors (Lipinski definition) is 2. The molecule has 1 saturated carbocycles. The zero-order valence-electron chi connectivity index (χ0n) is 9.68. The van der Waals surface area contributed by atoms with Gasteiger partial charge in [-0.25, -0.2) is 8.78 Å². The summed E-state index contributed by atoms with van der Waals surface area (Å²) in [5.74, 6) is -1.87. The van der Waals surface area contributed by atoms with Crippen LogP contribution in [0.15, 0.2) is 0 Å². The summed E-state index contributed by atoms with van der Waals surface area (Å²) in [6, 6.07) is -0.154. The van der Waals surface area contributed by atoms with Gasteiger partial charge >= 0.3 is 0 Å². The van der Waals surface area contributed by atoms with Crippen LogP contribution in [0, 0.1) is 5.92 Å². The van der Waals surface area contributed by atoms with Crippen molar-refractivity contribution < 1.29 is 13.5 Å². The van der Waals surface area contributed by atoms with E-state index >= 15 is 0 Å². The van der Waals surface area contributed by atoms with E-state index in [4.69, 9.17) is 4.74 Å². The van der Waals surface area contributed by atoms with Crippen molar-refractivity contribution in [3.63, 3.8) is 0 Å². The Balaban J connectivity index is 1.58. The fraction of sp³-hybridized carbons (Fsp3) is 1.00. The molecule has 0 amide bonds. The molecular weight excluding hydrogens is 212 g/mol. The summed E-state index contributed by atoms with van der Waals surface area (Å²) in [4.78, 5) is 0. The molecule has 94 valence electrons. The highest BCUT2D eigenvalue weighted by Crippen LogP contribution is 2.26. The lowest BCUT2D eigenvalue weighted by Crippen LogP contribution is -2.28. The van der Waals surface area contributed by atoms with Crippen LogP contribution in [-0.4, -0.2) is 31.7 Å². The minimum Gasteiger partial charge on any atom is -0.380 e. The Morgan fingerprint density at radius 2 is 1.88 bits per heavy atom. The summed E-state index contributed by atoms with van der Waals surface area (Å²) in [5, 5.41) is 2.81. The van der Waals surface area contributed by atoms with Crippen molar-refractivity contribution in [1.29, 1.82) is 0 Å². The first-order valence-corrected chi connectivity index (χ1v) is 6.35. The van der Waals surface area contributed by atoms with Crippen LogP contribution in [0.1, 0.15) is 38.5 Å². The lowest BCUT2D eigenvalue weighted by molar-refractivity contribution is 0.0140. The molecule has 0 aromatic rings. The minimum absolute atomic E-state index is 0.0718. The molecule has 0 radical (unpaired) electrons. The molecule has 4 heteroatoms. The molecule has 0 aromatic carbocycles. The van der Waals surface area contributed by atoms with Crippen LogP contribution in [0.3, 0.4) is 0 Å². The van der Waals surface area contributed by atoms with Gasteiger partial charge in [0.2, 0.25) is 0 Å². The van der Waals surface area contributed by atoms with E-state index in [0.29, 0.717) is 12.5 Å². The van der Waals surface area contributed by atoms with Gasteiger partial charge in [0.15, 0.2) is 0 Å². The molecule has 1 aliphatic carbocycles. The van der Waals surface area contributed by atoms with Crippen molar-refractivity contribution in [2.24, 2.45) is 5.92 Å². The van der Waals surface area contributed by atoms with E-state index in [0.717, 1.165) is 6.61 Å². The Bertz CT molecular complexity index is 217. The SMILES string of the molecule is FC1(F)CNC(COCC2CCCCC2)C1. The molecule has 2 nitrogen and oxygen atoms in total. The smallest absolute Gasteiger partial charge is 0.261 e. The number of ether oxygens (including phenoxy) is 1. The van der Waals surface area contributed by atoms with Crippen LogP contribution in [0.4, 0.5) is 8.78 Å². The minimum atomic E-state index is -2.53. The van der Waals surface area contributed by atoms with E-state index in [9.17, 15) is 8.78 Å². The molecule has 1 atom stereocenters. The van der Waals surface area contributed by atoms with Crippen molar-refractivity contribution in [2.45, 2.75) is 50.5 Å². The van der Waals surface area contributed by atoms with Gasteiger partial charge in [-0.2, -0.15) is 0 Å².